The first kappa shape index (κ1) is 21.6. The van der Waals surface area contributed by atoms with E-state index in [4.69, 9.17) is 4.74 Å². The van der Waals surface area contributed by atoms with Gasteiger partial charge in [0, 0.05) is 18.7 Å². The molecule has 0 unspecified atom stereocenters. The molecule has 1 fully saturated rings. The fraction of sp³-hybridized carbons (Fsp3) is 0.333. The average Bonchev–Trinajstić information content (AvgIpc) is 2.97. The quantitative estimate of drug-likeness (QED) is 0.432. The molecule has 0 aliphatic carbocycles. The molecule has 0 radical (unpaired) electrons. The molecule has 0 spiro atoms. The Kier molecular flexibility index (Phi) is 6.57. The smallest absolute Gasteiger partial charge is 0.295 e. The van der Waals surface area contributed by atoms with Gasteiger partial charge in [-0.25, -0.2) is 0 Å². The Hall–Kier alpha value is -3.12. The number of hydrogen-bond donors (Lipinski definition) is 1. The van der Waals surface area contributed by atoms with Crippen molar-refractivity contribution < 1.29 is 19.4 Å². The molecule has 1 N–H and O–H groups in total. The maximum Gasteiger partial charge on any atom is 0.295 e. The Morgan fingerprint density at radius 1 is 1.07 bits per heavy atom. The number of ketones is 1. The zero-order valence-electron chi connectivity index (χ0n) is 17.8. The highest BCUT2D eigenvalue weighted by Gasteiger charge is 2.45. The second kappa shape index (κ2) is 9.13. The molecule has 1 amide bonds. The minimum atomic E-state index is -0.664. The first-order chi connectivity index (χ1) is 14.3. The van der Waals surface area contributed by atoms with E-state index in [0.29, 0.717) is 24.4 Å². The van der Waals surface area contributed by atoms with Gasteiger partial charge in [-0.3, -0.25) is 9.59 Å². The van der Waals surface area contributed by atoms with Crippen LogP contribution in [0, 0.1) is 0 Å². The standard InChI is InChI=1S/C24H28N2O4/c1-16(2)30-19-12-10-18(11-13-19)22(27)20-21(17-8-6-5-7-9-17)26(15-14-25(3)4)24(29)23(20)28/h5-13,16,21,27H,14-15H2,1-4H3/b22-20+/t21-/m0/s1. The number of aliphatic hydroxyl groups is 1. The van der Waals surface area contributed by atoms with Crippen LogP contribution in [0.25, 0.3) is 5.76 Å². The molecule has 1 heterocycles. The zero-order valence-corrected chi connectivity index (χ0v) is 17.8. The number of carbonyl (C=O) groups excluding carboxylic acids is 2. The summed E-state index contributed by atoms with van der Waals surface area (Å²) in [5, 5.41) is 11.0. The maximum absolute atomic E-state index is 12.9. The molecular formula is C24H28N2O4. The van der Waals surface area contributed by atoms with Crippen LogP contribution in [0.4, 0.5) is 0 Å². The van der Waals surface area contributed by atoms with E-state index in [1.807, 2.05) is 63.2 Å². The van der Waals surface area contributed by atoms with E-state index in [1.165, 1.54) is 0 Å². The van der Waals surface area contributed by atoms with Crippen molar-refractivity contribution in [2.75, 3.05) is 27.2 Å². The molecule has 0 bridgehead atoms. The number of rotatable bonds is 7. The molecule has 3 rings (SSSR count). The van der Waals surface area contributed by atoms with Crippen LogP contribution in [-0.2, 0) is 9.59 Å². The molecule has 6 nitrogen and oxygen atoms in total. The fourth-order valence-corrected chi connectivity index (χ4v) is 3.52. The van der Waals surface area contributed by atoms with Crippen molar-refractivity contribution in [1.82, 2.24) is 9.80 Å². The van der Waals surface area contributed by atoms with Gasteiger partial charge < -0.3 is 19.6 Å². The van der Waals surface area contributed by atoms with E-state index in [2.05, 4.69) is 0 Å². The molecule has 0 saturated carbocycles. The number of ether oxygens (including phenoxy) is 1. The lowest BCUT2D eigenvalue weighted by Gasteiger charge is -2.26. The molecule has 158 valence electrons. The highest BCUT2D eigenvalue weighted by molar-refractivity contribution is 6.46. The SMILES string of the molecule is CC(C)Oc1ccc(/C(O)=C2\C(=O)C(=O)N(CCN(C)C)[C@H]2c2ccccc2)cc1. The van der Waals surface area contributed by atoms with Gasteiger partial charge in [0.15, 0.2) is 0 Å². The highest BCUT2D eigenvalue weighted by Crippen LogP contribution is 2.39. The molecule has 1 atom stereocenters. The van der Waals surface area contributed by atoms with Crippen molar-refractivity contribution in [2.24, 2.45) is 0 Å². The van der Waals surface area contributed by atoms with Crippen molar-refractivity contribution in [3.05, 3.63) is 71.3 Å². The van der Waals surface area contributed by atoms with Crippen molar-refractivity contribution >= 4 is 17.4 Å². The number of likely N-dealkylation sites (N-methyl/N-ethyl adjacent to an activating group) is 1. The number of likely N-dealkylation sites (tertiary alicyclic amines) is 1. The minimum absolute atomic E-state index is 0.0320. The Morgan fingerprint density at radius 2 is 1.70 bits per heavy atom. The van der Waals surface area contributed by atoms with Crippen molar-refractivity contribution in [2.45, 2.75) is 26.0 Å². The first-order valence-corrected chi connectivity index (χ1v) is 10.0. The predicted octanol–water partition coefficient (Wildman–Crippen LogP) is 3.46. The third-order valence-corrected chi connectivity index (χ3v) is 4.94. The topological polar surface area (TPSA) is 70.1 Å². The van der Waals surface area contributed by atoms with E-state index in [0.717, 1.165) is 5.56 Å². The molecule has 1 aliphatic heterocycles. The molecule has 2 aromatic carbocycles. The molecular weight excluding hydrogens is 380 g/mol. The molecule has 1 saturated heterocycles. The molecule has 2 aromatic rings. The summed E-state index contributed by atoms with van der Waals surface area (Å²) in [5.74, 6) is -0.757. The van der Waals surface area contributed by atoms with E-state index in [1.54, 1.807) is 29.2 Å². The second-order valence-corrected chi connectivity index (χ2v) is 7.90. The molecule has 1 aliphatic rings. The normalized spacial score (nSPS) is 18.5. The van der Waals surface area contributed by atoms with Crippen LogP contribution in [-0.4, -0.2) is 59.9 Å². The third-order valence-electron chi connectivity index (χ3n) is 4.94. The van der Waals surface area contributed by atoms with Crippen LogP contribution in [0.1, 0.15) is 31.0 Å². The number of hydrogen-bond acceptors (Lipinski definition) is 5. The van der Waals surface area contributed by atoms with Gasteiger partial charge in [0.1, 0.15) is 11.5 Å². The van der Waals surface area contributed by atoms with E-state index < -0.39 is 17.7 Å². The lowest BCUT2D eigenvalue weighted by atomic mass is 9.95. The van der Waals surface area contributed by atoms with Gasteiger partial charge in [-0.1, -0.05) is 30.3 Å². The van der Waals surface area contributed by atoms with Gasteiger partial charge in [0.2, 0.25) is 0 Å². The Morgan fingerprint density at radius 3 is 2.27 bits per heavy atom. The monoisotopic (exact) mass is 408 g/mol. The summed E-state index contributed by atoms with van der Waals surface area (Å²) in [6.07, 6.45) is 0.0320. The third kappa shape index (κ3) is 4.54. The van der Waals surface area contributed by atoms with Gasteiger partial charge in [-0.15, -0.1) is 0 Å². The number of Topliss-reactive ketones (excluding diaryl/α,β-unsaturated/α-hetero) is 1. The van der Waals surface area contributed by atoms with Crippen LogP contribution >= 0.6 is 0 Å². The zero-order chi connectivity index (χ0) is 21.8. The predicted molar refractivity (Wildman–Crippen MR) is 116 cm³/mol. The maximum atomic E-state index is 12.9. The van der Waals surface area contributed by atoms with Crippen molar-refractivity contribution in [3.63, 3.8) is 0 Å². The summed E-state index contributed by atoms with van der Waals surface area (Å²) in [7, 11) is 3.82. The number of nitrogens with zero attached hydrogens (tertiary/aromatic N) is 2. The summed E-state index contributed by atoms with van der Waals surface area (Å²) in [4.78, 5) is 29.2. The van der Waals surface area contributed by atoms with E-state index >= 15 is 0 Å². The summed E-state index contributed by atoms with van der Waals surface area (Å²) in [6.45, 7) is 4.86. The van der Waals surface area contributed by atoms with Gasteiger partial charge in [0.25, 0.3) is 11.7 Å². The largest absolute Gasteiger partial charge is 0.507 e. The van der Waals surface area contributed by atoms with Crippen LogP contribution in [0.15, 0.2) is 60.2 Å². The van der Waals surface area contributed by atoms with Crippen LogP contribution in [0.2, 0.25) is 0 Å². The van der Waals surface area contributed by atoms with E-state index in [9.17, 15) is 14.7 Å². The average molecular weight is 408 g/mol. The van der Waals surface area contributed by atoms with Crippen molar-refractivity contribution in [1.29, 1.82) is 0 Å². The molecule has 6 heteroatoms. The summed E-state index contributed by atoms with van der Waals surface area (Å²) in [5.41, 5.74) is 1.37. The lowest BCUT2D eigenvalue weighted by molar-refractivity contribution is -0.140. The minimum Gasteiger partial charge on any atom is -0.507 e. The Labute approximate surface area is 177 Å². The highest BCUT2D eigenvalue weighted by atomic mass is 16.5. The van der Waals surface area contributed by atoms with Crippen LogP contribution < -0.4 is 4.74 Å². The Balaban J connectivity index is 2.05. The van der Waals surface area contributed by atoms with Gasteiger partial charge in [-0.05, 0) is 57.8 Å². The van der Waals surface area contributed by atoms with Gasteiger partial charge in [-0.2, -0.15) is 0 Å². The number of benzene rings is 2. The van der Waals surface area contributed by atoms with Crippen molar-refractivity contribution in [3.8, 4) is 5.75 Å². The molecule has 30 heavy (non-hydrogen) atoms. The number of aliphatic hydroxyl groups excluding tert-OH is 1. The van der Waals surface area contributed by atoms with E-state index in [-0.39, 0.29) is 17.4 Å². The van der Waals surface area contributed by atoms with Crippen LogP contribution in [0.3, 0.4) is 0 Å². The summed E-state index contributed by atoms with van der Waals surface area (Å²) >= 11 is 0. The first-order valence-electron chi connectivity index (χ1n) is 10.0. The van der Waals surface area contributed by atoms with Crippen LogP contribution in [0.5, 0.6) is 5.75 Å². The second-order valence-electron chi connectivity index (χ2n) is 7.90. The lowest BCUT2D eigenvalue weighted by Crippen LogP contribution is -2.35. The Bertz CT molecular complexity index is 933. The number of amides is 1. The fourth-order valence-electron chi connectivity index (χ4n) is 3.52. The summed E-state index contributed by atoms with van der Waals surface area (Å²) < 4.78 is 5.64. The number of carbonyl (C=O) groups is 2. The molecule has 0 aromatic heterocycles. The van der Waals surface area contributed by atoms with Gasteiger partial charge in [0.05, 0.1) is 17.7 Å². The summed E-state index contributed by atoms with van der Waals surface area (Å²) in [6, 6.07) is 15.6. The van der Waals surface area contributed by atoms with Gasteiger partial charge >= 0.3 is 0 Å².